The molecule has 0 fully saturated rings. The van der Waals surface area contributed by atoms with Crippen molar-refractivity contribution in [3.63, 3.8) is 0 Å². The van der Waals surface area contributed by atoms with Crippen LogP contribution < -0.4 is 10.7 Å². The molecule has 5 nitrogen and oxygen atoms in total. The molecule has 136 valence electrons. The summed E-state index contributed by atoms with van der Waals surface area (Å²) in [7, 11) is 0. The van der Waals surface area contributed by atoms with Crippen LogP contribution in [0, 0.1) is 5.82 Å². The van der Waals surface area contributed by atoms with E-state index in [1.54, 1.807) is 47.8 Å². The summed E-state index contributed by atoms with van der Waals surface area (Å²) in [5.41, 5.74) is 3.49. The molecule has 2 amide bonds. The van der Waals surface area contributed by atoms with Crippen LogP contribution in [-0.2, 0) is 0 Å². The highest BCUT2D eigenvalue weighted by Crippen LogP contribution is 2.22. The number of anilines is 1. The molecule has 8 heteroatoms. The summed E-state index contributed by atoms with van der Waals surface area (Å²) in [6.07, 6.45) is 1.34. The molecular formula is C19H13BrFN3O2S. The Bertz CT molecular complexity index is 1010. The summed E-state index contributed by atoms with van der Waals surface area (Å²) in [5.74, 6) is -1.20. The first-order chi connectivity index (χ1) is 13.0. The van der Waals surface area contributed by atoms with Crippen molar-refractivity contribution in [2.45, 2.75) is 0 Å². The second-order valence-corrected chi connectivity index (χ2v) is 7.24. The number of hydrogen-bond donors (Lipinski definition) is 2. The van der Waals surface area contributed by atoms with E-state index in [4.69, 9.17) is 0 Å². The number of nitrogens with one attached hydrogen (secondary N) is 2. The van der Waals surface area contributed by atoms with Crippen LogP contribution >= 0.6 is 27.3 Å². The Kier molecular flexibility index (Phi) is 6.10. The van der Waals surface area contributed by atoms with Gasteiger partial charge in [-0.05, 0) is 47.3 Å². The van der Waals surface area contributed by atoms with Gasteiger partial charge >= 0.3 is 0 Å². The molecular weight excluding hydrogens is 433 g/mol. The fraction of sp³-hybridized carbons (Fsp3) is 0. The fourth-order valence-corrected chi connectivity index (χ4v) is 3.20. The monoisotopic (exact) mass is 445 g/mol. The van der Waals surface area contributed by atoms with Gasteiger partial charge in [-0.25, -0.2) is 9.82 Å². The van der Waals surface area contributed by atoms with Crippen LogP contribution in [0.2, 0.25) is 0 Å². The maximum absolute atomic E-state index is 13.2. The van der Waals surface area contributed by atoms with Crippen molar-refractivity contribution < 1.29 is 14.0 Å². The standard InChI is InChI=1S/C19H13BrFN3O2S/c20-13-6-7-16(23-19(26)17-5-2-8-27-17)15(10-13)18(25)24-22-11-12-3-1-4-14(21)9-12/h1-11H,(H,23,26)(H,24,25). The second kappa shape index (κ2) is 8.70. The van der Waals surface area contributed by atoms with Gasteiger partial charge < -0.3 is 5.32 Å². The van der Waals surface area contributed by atoms with Crippen LogP contribution in [-0.4, -0.2) is 18.0 Å². The van der Waals surface area contributed by atoms with Gasteiger partial charge in [0.15, 0.2) is 0 Å². The summed E-state index contributed by atoms with van der Waals surface area (Å²) in [4.78, 5) is 25.3. The molecule has 2 aromatic carbocycles. The number of benzene rings is 2. The Morgan fingerprint density at radius 1 is 1.07 bits per heavy atom. The van der Waals surface area contributed by atoms with Gasteiger partial charge in [-0.2, -0.15) is 5.10 Å². The SMILES string of the molecule is O=C(Nc1ccc(Br)cc1C(=O)NN=Cc1cccc(F)c1)c1cccs1. The van der Waals surface area contributed by atoms with Crippen LogP contribution in [0.25, 0.3) is 0 Å². The highest BCUT2D eigenvalue weighted by Gasteiger charge is 2.15. The average Bonchev–Trinajstić information content (AvgIpc) is 3.18. The van der Waals surface area contributed by atoms with Crippen molar-refractivity contribution in [3.05, 3.63) is 86.3 Å². The van der Waals surface area contributed by atoms with Crippen molar-refractivity contribution in [1.82, 2.24) is 5.43 Å². The molecule has 0 aliphatic rings. The van der Waals surface area contributed by atoms with Crippen LogP contribution in [0.3, 0.4) is 0 Å². The molecule has 2 N–H and O–H groups in total. The van der Waals surface area contributed by atoms with Gasteiger partial charge in [0, 0.05) is 4.47 Å². The molecule has 27 heavy (non-hydrogen) atoms. The molecule has 3 aromatic rings. The zero-order valence-corrected chi connectivity index (χ0v) is 16.2. The second-order valence-electron chi connectivity index (χ2n) is 5.38. The van der Waals surface area contributed by atoms with E-state index in [1.807, 2.05) is 0 Å². The van der Waals surface area contributed by atoms with Crippen LogP contribution in [0.15, 0.2) is 69.6 Å². The van der Waals surface area contributed by atoms with Gasteiger partial charge in [-0.1, -0.05) is 34.1 Å². The van der Waals surface area contributed by atoms with Gasteiger partial charge in [0.05, 0.1) is 22.3 Å². The molecule has 0 aliphatic carbocycles. The summed E-state index contributed by atoms with van der Waals surface area (Å²) >= 11 is 4.62. The minimum absolute atomic E-state index is 0.241. The smallest absolute Gasteiger partial charge is 0.273 e. The predicted octanol–water partition coefficient (Wildman–Crippen LogP) is 4.67. The predicted molar refractivity (Wildman–Crippen MR) is 108 cm³/mol. The fourth-order valence-electron chi connectivity index (χ4n) is 2.22. The number of nitrogens with zero attached hydrogens (tertiary/aromatic N) is 1. The molecule has 0 atom stereocenters. The minimum Gasteiger partial charge on any atom is -0.321 e. The van der Waals surface area contributed by atoms with E-state index in [9.17, 15) is 14.0 Å². The molecule has 0 unspecified atom stereocenters. The van der Waals surface area contributed by atoms with Gasteiger partial charge in [0.1, 0.15) is 5.82 Å². The first kappa shape index (κ1) is 18.9. The van der Waals surface area contributed by atoms with Crippen LogP contribution in [0.4, 0.5) is 10.1 Å². The highest BCUT2D eigenvalue weighted by molar-refractivity contribution is 9.10. The molecule has 1 heterocycles. The number of thiophene rings is 1. The summed E-state index contributed by atoms with van der Waals surface area (Å²) in [6, 6.07) is 14.2. The number of rotatable bonds is 5. The summed E-state index contributed by atoms with van der Waals surface area (Å²) in [5, 5.41) is 8.36. The number of hydrogen-bond acceptors (Lipinski definition) is 4. The normalized spacial score (nSPS) is 10.7. The quantitative estimate of drug-likeness (QED) is 0.442. The lowest BCUT2D eigenvalue weighted by molar-refractivity contribution is 0.0956. The lowest BCUT2D eigenvalue weighted by Gasteiger charge is -2.10. The van der Waals surface area contributed by atoms with Gasteiger partial charge in [0.25, 0.3) is 11.8 Å². The van der Waals surface area contributed by atoms with Crippen molar-refractivity contribution in [2.75, 3.05) is 5.32 Å². The van der Waals surface area contributed by atoms with E-state index in [1.165, 1.54) is 29.7 Å². The van der Waals surface area contributed by atoms with Crippen LogP contribution in [0.5, 0.6) is 0 Å². The zero-order chi connectivity index (χ0) is 19.2. The van der Waals surface area contributed by atoms with Gasteiger partial charge in [-0.15, -0.1) is 11.3 Å². The van der Waals surface area contributed by atoms with E-state index in [0.29, 0.717) is 20.6 Å². The third-order valence-corrected chi connectivity index (χ3v) is 4.81. The number of halogens is 2. The zero-order valence-electron chi connectivity index (χ0n) is 13.8. The Morgan fingerprint density at radius 2 is 1.93 bits per heavy atom. The van der Waals surface area contributed by atoms with Crippen LogP contribution in [0.1, 0.15) is 25.6 Å². The van der Waals surface area contributed by atoms with E-state index in [-0.39, 0.29) is 11.5 Å². The van der Waals surface area contributed by atoms with E-state index < -0.39 is 11.7 Å². The molecule has 1 aromatic heterocycles. The third kappa shape index (κ3) is 5.08. The van der Waals surface area contributed by atoms with Gasteiger partial charge in [-0.3, -0.25) is 9.59 Å². The molecule has 0 saturated heterocycles. The van der Waals surface area contributed by atoms with Crippen molar-refractivity contribution in [1.29, 1.82) is 0 Å². The Morgan fingerprint density at radius 3 is 2.67 bits per heavy atom. The van der Waals surface area contributed by atoms with E-state index in [2.05, 4.69) is 31.8 Å². The molecule has 0 radical (unpaired) electrons. The third-order valence-electron chi connectivity index (χ3n) is 3.45. The van der Waals surface area contributed by atoms with E-state index >= 15 is 0 Å². The lowest BCUT2D eigenvalue weighted by atomic mass is 10.1. The van der Waals surface area contributed by atoms with E-state index in [0.717, 1.165) is 0 Å². The number of hydrazone groups is 1. The largest absolute Gasteiger partial charge is 0.321 e. The Hall–Kier alpha value is -2.84. The number of carbonyl (C=O) groups is 2. The first-order valence-electron chi connectivity index (χ1n) is 7.76. The lowest BCUT2D eigenvalue weighted by Crippen LogP contribution is -2.21. The summed E-state index contributed by atoms with van der Waals surface area (Å²) < 4.78 is 13.8. The Balaban J connectivity index is 1.75. The van der Waals surface area contributed by atoms with Gasteiger partial charge in [0.2, 0.25) is 0 Å². The molecule has 3 rings (SSSR count). The topological polar surface area (TPSA) is 70.6 Å². The molecule has 0 saturated carbocycles. The minimum atomic E-state index is -0.509. The maximum Gasteiger partial charge on any atom is 0.273 e. The Labute approximate surface area is 167 Å². The highest BCUT2D eigenvalue weighted by atomic mass is 79.9. The first-order valence-corrected chi connectivity index (χ1v) is 9.43. The number of amides is 2. The molecule has 0 aliphatic heterocycles. The molecule has 0 spiro atoms. The number of carbonyl (C=O) groups excluding carboxylic acids is 2. The van der Waals surface area contributed by atoms with Crippen molar-refractivity contribution in [3.8, 4) is 0 Å². The molecule has 0 bridgehead atoms. The van der Waals surface area contributed by atoms with Crippen molar-refractivity contribution >= 4 is 51.0 Å². The average molecular weight is 446 g/mol. The van der Waals surface area contributed by atoms with Crippen molar-refractivity contribution in [2.24, 2.45) is 5.10 Å². The maximum atomic E-state index is 13.2. The summed E-state index contributed by atoms with van der Waals surface area (Å²) in [6.45, 7) is 0.